The van der Waals surface area contributed by atoms with Gasteiger partial charge in [-0.25, -0.2) is 17.4 Å². The molecule has 180 valence electrons. The van der Waals surface area contributed by atoms with Crippen LogP contribution in [0.3, 0.4) is 0 Å². The standard InChI is InChI=1S/C26H24N2O6S/c1-17-10-12-18(13-11-17)26-27-21(16-28(26)35(30,31)20-8-6-5-7-9-20)24(29)19-14-22(32-2)25(34-4)23(15-19)33-3/h5-16H,1-4H3. The van der Waals surface area contributed by atoms with Crippen LogP contribution in [-0.2, 0) is 10.0 Å². The van der Waals surface area contributed by atoms with Gasteiger partial charge in [-0.3, -0.25) is 4.79 Å². The van der Waals surface area contributed by atoms with Gasteiger partial charge in [0.15, 0.2) is 17.3 Å². The number of hydrogen-bond donors (Lipinski definition) is 0. The Morgan fingerprint density at radius 2 is 1.46 bits per heavy atom. The third-order valence-corrected chi connectivity index (χ3v) is 7.11. The highest BCUT2D eigenvalue weighted by Crippen LogP contribution is 2.39. The molecule has 8 nitrogen and oxygen atoms in total. The molecule has 0 N–H and O–H groups in total. The highest BCUT2D eigenvalue weighted by atomic mass is 32.2. The Morgan fingerprint density at radius 3 is 2.00 bits per heavy atom. The molecule has 0 fully saturated rings. The van der Waals surface area contributed by atoms with Crippen LogP contribution >= 0.6 is 0 Å². The molecule has 1 heterocycles. The van der Waals surface area contributed by atoms with Gasteiger partial charge < -0.3 is 14.2 Å². The smallest absolute Gasteiger partial charge is 0.269 e. The summed E-state index contributed by atoms with van der Waals surface area (Å²) in [5, 5.41) is 0. The first-order chi connectivity index (χ1) is 16.8. The van der Waals surface area contributed by atoms with Gasteiger partial charge in [0.1, 0.15) is 5.69 Å². The average Bonchev–Trinajstić information content (AvgIpc) is 3.34. The molecule has 0 aliphatic heterocycles. The minimum atomic E-state index is -4.03. The number of ketones is 1. The average molecular weight is 493 g/mol. The van der Waals surface area contributed by atoms with Crippen LogP contribution in [0.4, 0.5) is 0 Å². The van der Waals surface area contributed by atoms with E-state index in [1.165, 1.54) is 51.8 Å². The van der Waals surface area contributed by atoms with Crippen molar-refractivity contribution in [2.24, 2.45) is 0 Å². The van der Waals surface area contributed by atoms with Crippen LogP contribution in [-0.4, -0.2) is 44.5 Å². The molecule has 0 bridgehead atoms. The lowest BCUT2D eigenvalue weighted by molar-refractivity contribution is 0.103. The predicted molar refractivity (Wildman–Crippen MR) is 131 cm³/mol. The minimum Gasteiger partial charge on any atom is -0.493 e. The first-order valence-corrected chi connectivity index (χ1v) is 12.1. The summed E-state index contributed by atoms with van der Waals surface area (Å²) in [5.74, 6) is 0.559. The van der Waals surface area contributed by atoms with E-state index in [0.717, 1.165) is 9.54 Å². The fraction of sp³-hybridized carbons (Fsp3) is 0.154. The number of benzene rings is 3. The molecule has 9 heteroatoms. The van der Waals surface area contributed by atoms with Gasteiger partial charge in [-0.05, 0) is 31.2 Å². The molecule has 0 saturated carbocycles. The number of nitrogens with zero attached hydrogens (tertiary/aromatic N) is 2. The van der Waals surface area contributed by atoms with Crippen LogP contribution in [0, 0.1) is 6.92 Å². The first-order valence-electron chi connectivity index (χ1n) is 10.6. The summed E-state index contributed by atoms with van der Waals surface area (Å²) in [6.07, 6.45) is 1.24. The van der Waals surface area contributed by atoms with Crippen molar-refractivity contribution >= 4 is 15.8 Å². The number of imidazole rings is 1. The van der Waals surface area contributed by atoms with E-state index in [4.69, 9.17) is 14.2 Å². The van der Waals surface area contributed by atoms with Crippen molar-refractivity contribution in [3.63, 3.8) is 0 Å². The minimum absolute atomic E-state index is 0.0469. The predicted octanol–water partition coefficient (Wildman–Crippen LogP) is 4.35. The molecule has 0 atom stereocenters. The van der Waals surface area contributed by atoms with Gasteiger partial charge in [-0.15, -0.1) is 0 Å². The summed E-state index contributed by atoms with van der Waals surface area (Å²) in [7, 11) is 0.331. The maximum Gasteiger partial charge on any atom is 0.269 e. The van der Waals surface area contributed by atoms with Crippen LogP contribution in [0.2, 0.25) is 0 Å². The van der Waals surface area contributed by atoms with E-state index in [-0.39, 0.29) is 22.0 Å². The second kappa shape index (κ2) is 9.63. The van der Waals surface area contributed by atoms with Crippen LogP contribution in [0.25, 0.3) is 11.4 Å². The second-order valence-electron chi connectivity index (χ2n) is 7.67. The molecule has 0 saturated heterocycles. The second-order valence-corrected chi connectivity index (χ2v) is 9.49. The van der Waals surface area contributed by atoms with Crippen molar-refractivity contribution in [1.29, 1.82) is 0 Å². The summed E-state index contributed by atoms with van der Waals surface area (Å²) in [5.41, 5.74) is 1.72. The number of carbonyl (C=O) groups is 1. The van der Waals surface area contributed by atoms with Gasteiger partial charge in [0, 0.05) is 11.1 Å². The fourth-order valence-corrected chi connectivity index (χ4v) is 4.96. The van der Waals surface area contributed by atoms with Gasteiger partial charge >= 0.3 is 0 Å². The van der Waals surface area contributed by atoms with E-state index in [1.807, 2.05) is 19.1 Å². The van der Waals surface area contributed by atoms with Gasteiger partial charge in [0.2, 0.25) is 11.5 Å². The molecule has 0 unspecified atom stereocenters. The van der Waals surface area contributed by atoms with E-state index in [9.17, 15) is 13.2 Å². The third kappa shape index (κ3) is 4.50. The van der Waals surface area contributed by atoms with Crippen molar-refractivity contribution < 1.29 is 27.4 Å². The summed E-state index contributed by atoms with van der Waals surface area (Å²) in [4.78, 5) is 18.0. The van der Waals surface area contributed by atoms with Crippen molar-refractivity contribution in [3.05, 3.63) is 89.7 Å². The Balaban J connectivity index is 1.89. The Labute approximate surface area is 203 Å². The van der Waals surface area contributed by atoms with Gasteiger partial charge in [-0.2, -0.15) is 0 Å². The van der Waals surface area contributed by atoms with E-state index >= 15 is 0 Å². The Hall–Kier alpha value is -4.11. The van der Waals surface area contributed by atoms with Crippen molar-refractivity contribution in [2.45, 2.75) is 11.8 Å². The monoisotopic (exact) mass is 492 g/mol. The Kier molecular flexibility index (Phi) is 6.61. The number of aryl methyl sites for hydroxylation is 1. The number of aromatic nitrogens is 2. The maximum absolute atomic E-state index is 13.5. The highest BCUT2D eigenvalue weighted by Gasteiger charge is 2.27. The van der Waals surface area contributed by atoms with E-state index < -0.39 is 15.8 Å². The lowest BCUT2D eigenvalue weighted by Gasteiger charge is -2.13. The van der Waals surface area contributed by atoms with Gasteiger partial charge in [0.25, 0.3) is 10.0 Å². The zero-order valence-corrected chi connectivity index (χ0v) is 20.5. The molecular weight excluding hydrogens is 468 g/mol. The lowest BCUT2D eigenvalue weighted by atomic mass is 10.1. The number of methoxy groups -OCH3 is 3. The van der Waals surface area contributed by atoms with Crippen LogP contribution in [0.5, 0.6) is 17.2 Å². The number of carbonyl (C=O) groups excluding carboxylic acids is 1. The molecule has 4 rings (SSSR count). The molecule has 0 amide bonds. The molecule has 1 aromatic heterocycles. The lowest BCUT2D eigenvalue weighted by Crippen LogP contribution is -2.13. The van der Waals surface area contributed by atoms with E-state index in [1.54, 1.807) is 30.3 Å². The van der Waals surface area contributed by atoms with Crippen molar-refractivity contribution in [3.8, 4) is 28.6 Å². The molecule has 4 aromatic rings. The van der Waals surface area contributed by atoms with Crippen LogP contribution < -0.4 is 14.2 Å². The molecule has 35 heavy (non-hydrogen) atoms. The zero-order valence-electron chi connectivity index (χ0n) is 19.7. The molecule has 0 aliphatic carbocycles. The molecule has 0 spiro atoms. The van der Waals surface area contributed by atoms with Crippen molar-refractivity contribution in [2.75, 3.05) is 21.3 Å². The van der Waals surface area contributed by atoms with E-state index in [0.29, 0.717) is 22.8 Å². The SMILES string of the molecule is COc1cc(C(=O)c2cn(S(=O)(=O)c3ccccc3)c(-c3ccc(C)cc3)n2)cc(OC)c1OC. The fourth-order valence-electron chi connectivity index (χ4n) is 3.62. The quantitative estimate of drug-likeness (QED) is 0.337. The zero-order chi connectivity index (χ0) is 25.2. The Morgan fingerprint density at radius 1 is 0.857 bits per heavy atom. The largest absolute Gasteiger partial charge is 0.493 e. The van der Waals surface area contributed by atoms with Gasteiger partial charge in [0.05, 0.1) is 32.4 Å². The first kappa shape index (κ1) is 24.0. The summed E-state index contributed by atoms with van der Waals surface area (Å²) >= 11 is 0. The normalized spacial score (nSPS) is 11.2. The number of ether oxygens (including phenoxy) is 3. The van der Waals surface area contributed by atoms with E-state index in [2.05, 4.69) is 4.98 Å². The number of hydrogen-bond acceptors (Lipinski definition) is 7. The topological polar surface area (TPSA) is 96.7 Å². The van der Waals surface area contributed by atoms with Crippen LogP contribution in [0.1, 0.15) is 21.6 Å². The highest BCUT2D eigenvalue weighted by molar-refractivity contribution is 7.90. The summed E-state index contributed by atoms with van der Waals surface area (Å²) < 4.78 is 44.1. The maximum atomic E-state index is 13.5. The van der Waals surface area contributed by atoms with Crippen molar-refractivity contribution in [1.82, 2.24) is 8.96 Å². The molecule has 3 aromatic carbocycles. The molecular formula is C26H24N2O6S. The summed E-state index contributed by atoms with van der Waals surface area (Å²) in [6.45, 7) is 1.93. The number of rotatable bonds is 8. The Bertz CT molecular complexity index is 1450. The molecule has 0 aliphatic rings. The van der Waals surface area contributed by atoms with Crippen LogP contribution in [0.15, 0.2) is 77.8 Å². The summed E-state index contributed by atoms with van der Waals surface area (Å²) in [6, 6.07) is 18.2. The third-order valence-electron chi connectivity index (χ3n) is 5.44. The molecule has 0 radical (unpaired) electrons. The van der Waals surface area contributed by atoms with Gasteiger partial charge in [-0.1, -0.05) is 48.0 Å².